The first kappa shape index (κ1) is 22.9. The van der Waals surface area contributed by atoms with Crippen LogP contribution in [0.5, 0.6) is 0 Å². The van der Waals surface area contributed by atoms with Crippen LogP contribution >= 0.6 is 0 Å². The number of anilines is 1. The third-order valence-electron chi connectivity index (χ3n) is 6.26. The molecule has 6 nitrogen and oxygen atoms in total. The maximum Gasteiger partial charge on any atom is 0.247 e. The second kappa shape index (κ2) is 10.6. The Morgan fingerprint density at radius 1 is 0.939 bits per heavy atom. The van der Waals surface area contributed by atoms with Crippen molar-refractivity contribution in [2.45, 2.75) is 58.4 Å². The molecule has 0 radical (unpaired) electrons. The molecule has 33 heavy (non-hydrogen) atoms. The number of fused-ring (bicyclic) bond motifs is 3. The predicted molar refractivity (Wildman–Crippen MR) is 129 cm³/mol. The van der Waals surface area contributed by atoms with E-state index in [-0.39, 0.29) is 24.4 Å². The van der Waals surface area contributed by atoms with Crippen molar-refractivity contribution in [3.05, 3.63) is 72.4 Å². The molecular formula is C27H33N3O3. The topological polar surface area (TPSA) is 58.7 Å². The van der Waals surface area contributed by atoms with E-state index in [1.54, 1.807) is 11.2 Å². The minimum absolute atomic E-state index is 0.0634. The zero-order valence-electron chi connectivity index (χ0n) is 19.6. The number of para-hydroxylation sites is 2. The summed E-state index contributed by atoms with van der Waals surface area (Å²) in [7, 11) is 0. The van der Waals surface area contributed by atoms with Crippen LogP contribution in [0.1, 0.15) is 69.9 Å². The Kier molecular flexibility index (Phi) is 7.33. The minimum atomic E-state index is -0.388. The fourth-order valence-electron chi connectivity index (χ4n) is 4.54. The lowest BCUT2D eigenvalue weighted by atomic mass is 10.0. The van der Waals surface area contributed by atoms with Crippen molar-refractivity contribution in [2.24, 2.45) is 0 Å². The van der Waals surface area contributed by atoms with Gasteiger partial charge in [0, 0.05) is 19.2 Å². The van der Waals surface area contributed by atoms with Crippen LogP contribution in [0.2, 0.25) is 0 Å². The number of unbranched alkanes of at least 4 members (excludes halogenated alkanes) is 3. The number of carbonyl (C=O) groups excluding carboxylic acids is 2. The molecule has 0 bridgehead atoms. The molecule has 174 valence electrons. The monoisotopic (exact) mass is 447 g/mol. The summed E-state index contributed by atoms with van der Waals surface area (Å²) in [4.78, 5) is 30.4. The summed E-state index contributed by atoms with van der Waals surface area (Å²) >= 11 is 0. The molecule has 6 heteroatoms. The maximum absolute atomic E-state index is 13.9. The number of carbonyl (C=O) groups is 2. The third-order valence-corrected chi connectivity index (χ3v) is 6.26. The summed E-state index contributed by atoms with van der Waals surface area (Å²) in [6, 6.07) is 15.3. The van der Waals surface area contributed by atoms with Gasteiger partial charge in [0.15, 0.2) is 0 Å². The van der Waals surface area contributed by atoms with Crippen molar-refractivity contribution in [1.29, 1.82) is 0 Å². The molecule has 2 aromatic heterocycles. The second-order valence-electron chi connectivity index (χ2n) is 8.60. The summed E-state index contributed by atoms with van der Waals surface area (Å²) in [6.45, 7) is 4.90. The van der Waals surface area contributed by atoms with Gasteiger partial charge < -0.3 is 13.9 Å². The highest BCUT2D eigenvalue weighted by molar-refractivity contribution is 6.00. The summed E-state index contributed by atoms with van der Waals surface area (Å²) in [5, 5.41) is 0. The quantitative estimate of drug-likeness (QED) is 0.374. The number of nitrogens with zero attached hydrogens (tertiary/aromatic N) is 3. The molecule has 1 unspecified atom stereocenters. The Hall–Kier alpha value is -3.28. The van der Waals surface area contributed by atoms with Crippen LogP contribution in [0.4, 0.5) is 5.69 Å². The van der Waals surface area contributed by atoms with Gasteiger partial charge >= 0.3 is 0 Å². The zero-order chi connectivity index (χ0) is 23.2. The highest BCUT2D eigenvalue weighted by atomic mass is 16.3. The van der Waals surface area contributed by atoms with Crippen LogP contribution in [0, 0.1) is 0 Å². The lowest BCUT2D eigenvalue weighted by molar-refractivity contribution is -0.135. The van der Waals surface area contributed by atoms with E-state index in [9.17, 15) is 9.59 Å². The molecule has 1 aromatic carbocycles. The second-order valence-corrected chi connectivity index (χ2v) is 8.60. The van der Waals surface area contributed by atoms with Crippen molar-refractivity contribution >= 4 is 17.5 Å². The van der Waals surface area contributed by atoms with E-state index < -0.39 is 0 Å². The van der Waals surface area contributed by atoms with E-state index in [0.29, 0.717) is 18.7 Å². The van der Waals surface area contributed by atoms with Gasteiger partial charge in [-0.3, -0.25) is 14.5 Å². The number of rotatable bonds is 10. The van der Waals surface area contributed by atoms with Gasteiger partial charge in [-0.1, -0.05) is 45.2 Å². The van der Waals surface area contributed by atoms with Crippen molar-refractivity contribution in [1.82, 2.24) is 9.47 Å². The van der Waals surface area contributed by atoms with Crippen LogP contribution in [-0.4, -0.2) is 34.4 Å². The SMILES string of the molecule is CCCCCC(=O)N(CCCC)CC(=O)N1c2ccccc2-n2cccc2C1c1ccco1. The highest BCUT2D eigenvalue weighted by Gasteiger charge is 2.38. The molecule has 0 saturated carbocycles. The molecule has 1 atom stereocenters. The largest absolute Gasteiger partial charge is 0.467 e. The first-order valence-corrected chi connectivity index (χ1v) is 12.1. The van der Waals surface area contributed by atoms with Crippen molar-refractivity contribution in [3.8, 4) is 5.69 Å². The molecule has 4 rings (SSSR count). The van der Waals surface area contributed by atoms with Gasteiger partial charge in [-0.05, 0) is 49.2 Å². The number of amides is 2. The number of benzene rings is 1. The van der Waals surface area contributed by atoms with Crippen LogP contribution in [0.15, 0.2) is 65.4 Å². The lowest BCUT2D eigenvalue weighted by Crippen LogP contribution is -2.47. The summed E-state index contributed by atoms with van der Waals surface area (Å²) in [5.74, 6) is 0.664. The number of furan rings is 1. The molecule has 1 aliphatic heterocycles. The molecule has 2 amide bonds. The third kappa shape index (κ3) is 4.75. The van der Waals surface area contributed by atoms with Crippen LogP contribution < -0.4 is 4.90 Å². The smallest absolute Gasteiger partial charge is 0.247 e. The van der Waals surface area contributed by atoms with E-state index in [2.05, 4.69) is 18.4 Å². The number of hydrogen-bond donors (Lipinski definition) is 0. The number of aromatic nitrogens is 1. The normalized spacial score (nSPS) is 14.6. The summed E-state index contributed by atoms with van der Waals surface area (Å²) < 4.78 is 7.90. The minimum Gasteiger partial charge on any atom is -0.467 e. The molecule has 3 heterocycles. The molecule has 0 N–H and O–H groups in total. The molecule has 1 aliphatic rings. The first-order valence-electron chi connectivity index (χ1n) is 12.1. The van der Waals surface area contributed by atoms with E-state index >= 15 is 0 Å². The molecule has 0 aliphatic carbocycles. The fourth-order valence-corrected chi connectivity index (χ4v) is 4.54. The van der Waals surface area contributed by atoms with Crippen LogP contribution in [-0.2, 0) is 9.59 Å². The Balaban J connectivity index is 1.67. The Morgan fingerprint density at radius 2 is 1.73 bits per heavy atom. The van der Waals surface area contributed by atoms with Crippen LogP contribution in [0.25, 0.3) is 5.69 Å². The van der Waals surface area contributed by atoms with E-state index in [4.69, 9.17) is 4.42 Å². The Labute approximate surface area is 195 Å². The van der Waals surface area contributed by atoms with Crippen molar-refractivity contribution < 1.29 is 14.0 Å². The van der Waals surface area contributed by atoms with E-state index in [1.807, 2.05) is 59.6 Å². The number of hydrogen-bond acceptors (Lipinski definition) is 3. The van der Waals surface area contributed by atoms with Gasteiger partial charge in [0.05, 0.1) is 23.3 Å². The maximum atomic E-state index is 13.9. The first-order chi connectivity index (χ1) is 16.2. The summed E-state index contributed by atoms with van der Waals surface area (Å²) in [5.41, 5.74) is 2.73. The predicted octanol–water partition coefficient (Wildman–Crippen LogP) is 5.72. The lowest BCUT2D eigenvalue weighted by Gasteiger charge is -2.38. The van der Waals surface area contributed by atoms with Gasteiger partial charge in [0.25, 0.3) is 0 Å². The van der Waals surface area contributed by atoms with Gasteiger partial charge in [0.2, 0.25) is 11.8 Å². The van der Waals surface area contributed by atoms with Gasteiger partial charge in [0.1, 0.15) is 18.3 Å². The molecule has 0 spiro atoms. The Bertz CT molecular complexity index is 1070. The fraction of sp³-hybridized carbons (Fsp3) is 0.407. The average Bonchev–Trinajstić information content (AvgIpc) is 3.53. The van der Waals surface area contributed by atoms with Crippen molar-refractivity contribution in [3.63, 3.8) is 0 Å². The summed E-state index contributed by atoms with van der Waals surface area (Å²) in [6.07, 6.45) is 8.95. The zero-order valence-corrected chi connectivity index (χ0v) is 19.6. The highest BCUT2D eigenvalue weighted by Crippen LogP contribution is 2.42. The standard InChI is InChI=1S/C27H33N3O3/c1-3-5-7-16-25(31)28(17-6-4-2)20-26(32)30-22-13-9-8-12-21(22)29-18-10-14-23(29)27(30)24-15-11-19-33-24/h8-15,18-19,27H,3-7,16-17,20H2,1-2H3. The van der Waals surface area contributed by atoms with E-state index in [1.165, 1.54) is 0 Å². The van der Waals surface area contributed by atoms with Gasteiger partial charge in [-0.2, -0.15) is 0 Å². The molecule has 0 saturated heterocycles. The van der Waals surface area contributed by atoms with Gasteiger partial charge in [-0.15, -0.1) is 0 Å². The van der Waals surface area contributed by atoms with Crippen LogP contribution in [0.3, 0.4) is 0 Å². The Morgan fingerprint density at radius 3 is 2.45 bits per heavy atom. The molecule has 3 aromatic rings. The van der Waals surface area contributed by atoms with Crippen molar-refractivity contribution in [2.75, 3.05) is 18.0 Å². The van der Waals surface area contributed by atoms with E-state index in [0.717, 1.165) is 49.2 Å². The van der Waals surface area contributed by atoms with Gasteiger partial charge in [-0.25, -0.2) is 0 Å². The molecule has 0 fully saturated rings. The molecular weight excluding hydrogens is 414 g/mol. The average molecular weight is 448 g/mol.